The largest absolute Gasteiger partial charge is 0.343 e. The number of amides is 2. The number of hydrogen-bond donors (Lipinski definition) is 4. The molecular formula is C9H14N6OS2. The number of hydrazine groups is 1. The zero-order valence-corrected chi connectivity index (χ0v) is 11.5. The Balaban J connectivity index is 2.09. The molecular weight excluding hydrogens is 272 g/mol. The molecule has 0 unspecified atom stereocenters. The molecule has 9 heteroatoms. The Labute approximate surface area is 114 Å². The van der Waals surface area contributed by atoms with Gasteiger partial charge >= 0.3 is 6.03 Å². The molecule has 0 spiro atoms. The number of nitrogens with two attached hydrogens (primary N) is 1. The summed E-state index contributed by atoms with van der Waals surface area (Å²) in [6.07, 6.45) is 0.795. The third kappa shape index (κ3) is 2.68. The molecule has 7 nitrogen and oxygen atoms in total. The molecule has 0 atom stereocenters. The minimum absolute atomic E-state index is 0.267. The van der Waals surface area contributed by atoms with Gasteiger partial charge in [0.25, 0.3) is 0 Å². The van der Waals surface area contributed by atoms with Crippen molar-refractivity contribution in [3.63, 3.8) is 0 Å². The fourth-order valence-corrected chi connectivity index (χ4v) is 2.85. The maximum absolute atomic E-state index is 11.2. The van der Waals surface area contributed by atoms with Crippen LogP contribution in [0.15, 0.2) is 0 Å². The van der Waals surface area contributed by atoms with Crippen molar-refractivity contribution in [2.75, 3.05) is 18.9 Å². The first-order valence-corrected chi connectivity index (χ1v) is 6.59. The lowest BCUT2D eigenvalue weighted by Crippen LogP contribution is -2.45. The molecule has 1 aromatic heterocycles. The fourth-order valence-electron chi connectivity index (χ4n) is 1.67. The summed E-state index contributed by atoms with van der Waals surface area (Å²) in [4.78, 5) is 18.7. The van der Waals surface area contributed by atoms with Crippen molar-refractivity contribution in [2.45, 2.75) is 13.0 Å². The number of fused-ring (bicyclic) bond motifs is 1. The van der Waals surface area contributed by atoms with Gasteiger partial charge in [-0.25, -0.2) is 15.6 Å². The van der Waals surface area contributed by atoms with Gasteiger partial charge in [-0.15, -0.1) is 0 Å². The minimum Gasteiger partial charge on any atom is -0.343 e. The number of thiazole rings is 1. The van der Waals surface area contributed by atoms with Crippen LogP contribution in [0.4, 0.5) is 9.93 Å². The van der Waals surface area contributed by atoms with Crippen molar-refractivity contribution >= 4 is 39.8 Å². The summed E-state index contributed by atoms with van der Waals surface area (Å²) in [6.45, 7) is 1.45. The molecule has 98 valence electrons. The summed E-state index contributed by atoms with van der Waals surface area (Å²) in [6, 6.07) is -0.267. The van der Waals surface area contributed by atoms with E-state index in [9.17, 15) is 4.79 Å². The molecule has 1 aliphatic rings. The van der Waals surface area contributed by atoms with Crippen LogP contribution in [0.25, 0.3) is 0 Å². The minimum atomic E-state index is -0.267. The molecule has 0 aliphatic carbocycles. The molecule has 1 aliphatic heterocycles. The highest BCUT2D eigenvalue weighted by atomic mass is 32.1. The Bertz CT molecular complexity index is 474. The van der Waals surface area contributed by atoms with Gasteiger partial charge in [-0.1, -0.05) is 11.3 Å². The number of carbonyl (C=O) groups excluding carboxylic acids is 1. The second-order valence-electron chi connectivity index (χ2n) is 3.71. The number of thiocarbonyl (C=S) groups is 1. The Hall–Kier alpha value is -1.45. The monoisotopic (exact) mass is 286 g/mol. The molecule has 0 saturated heterocycles. The van der Waals surface area contributed by atoms with Crippen LogP contribution >= 0.6 is 23.6 Å². The molecule has 0 bridgehead atoms. The third-order valence-electron chi connectivity index (χ3n) is 2.59. The Morgan fingerprint density at radius 1 is 1.61 bits per heavy atom. The van der Waals surface area contributed by atoms with Crippen molar-refractivity contribution in [3.8, 4) is 0 Å². The van der Waals surface area contributed by atoms with E-state index >= 15 is 0 Å². The topological polar surface area (TPSA) is 95.3 Å². The predicted octanol–water partition coefficient (Wildman–Crippen LogP) is 0.000700. The van der Waals surface area contributed by atoms with Crippen LogP contribution in [0.2, 0.25) is 0 Å². The van der Waals surface area contributed by atoms with Gasteiger partial charge in [0.1, 0.15) is 0 Å². The molecule has 2 rings (SSSR count). The van der Waals surface area contributed by atoms with E-state index in [1.807, 2.05) is 4.90 Å². The molecule has 0 aromatic carbocycles. The number of hydrogen-bond acceptors (Lipinski definition) is 5. The molecule has 1 aromatic rings. The van der Waals surface area contributed by atoms with Crippen molar-refractivity contribution in [2.24, 2.45) is 5.84 Å². The van der Waals surface area contributed by atoms with E-state index in [1.54, 1.807) is 7.05 Å². The standard InChI is InChI=1S/C9H14N6OS2/c1-11-7(16)13-8-12-5-2-3-15(9(17)14-10)4-6(5)18-8/h2-4,10H2,1H3,(H,14,17)(H2,11,12,13,16). The highest BCUT2D eigenvalue weighted by molar-refractivity contribution is 7.80. The lowest BCUT2D eigenvalue weighted by molar-refractivity contribution is 0.254. The van der Waals surface area contributed by atoms with Gasteiger partial charge in [-0.3, -0.25) is 5.32 Å². The van der Waals surface area contributed by atoms with E-state index in [1.165, 1.54) is 11.3 Å². The van der Waals surface area contributed by atoms with Crippen molar-refractivity contribution < 1.29 is 4.79 Å². The van der Waals surface area contributed by atoms with Gasteiger partial charge in [0.05, 0.1) is 12.2 Å². The first-order chi connectivity index (χ1) is 8.63. The average molecular weight is 286 g/mol. The van der Waals surface area contributed by atoms with Crippen LogP contribution in [-0.2, 0) is 13.0 Å². The van der Waals surface area contributed by atoms with Crippen LogP contribution in [-0.4, -0.2) is 34.6 Å². The number of nitrogens with one attached hydrogen (secondary N) is 3. The number of carbonyl (C=O) groups is 1. The summed E-state index contributed by atoms with van der Waals surface area (Å²) in [5.41, 5.74) is 3.49. The number of anilines is 1. The quantitative estimate of drug-likeness (QED) is 0.330. The number of urea groups is 1. The predicted molar refractivity (Wildman–Crippen MR) is 74.2 cm³/mol. The SMILES string of the molecule is CNC(=O)Nc1nc2c(s1)CN(C(=S)NN)CC2. The van der Waals surface area contributed by atoms with E-state index in [4.69, 9.17) is 18.1 Å². The van der Waals surface area contributed by atoms with Gasteiger partial charge in [0.2, 0.25) is 0 Å². The average Bonchev–Trinajstić information content (AvgIpc) is 2.78. The van der Waals surface area contributed by atoms with Crippen molar-refractivity contribution in [1.29, 1.82) is 0 Å². The number of rotatable bonds is 1. The molecule has 0 saturated carbocycles. The summed E-state index contributed by atoms with van der Waals surface area (Å²) >= 11 is 6.55. The summed E-state index contributed by atoms with van der Waals surface area (Å²) in [5, 5.41) is 6.29. The van der Waals surface area contributed by atoms with Crippen LogP contribution in [0.1, 0.15) is 10.6 Å². The van der Waals surface area contributed by atoms with Gasteiger partial charge in [0.15, 0.2) is 10.2 Å². The van der Waals surface area contributed by atoms with E-state index in [-0.39, 0.29) is 6.03 Å². The number of nitrogens with zero attached hydrogens (tertiary/aromatic N) is 2. The first kappa shape index (κ1) is 13.0. The summed E-state index contributed by atoms with van der Waals surface area (Å²) in [7, 11) is 1.57. The third-order valence-corrected chi connectivity index (χ3v) is 3.96. The van der Waals surface area contributed by atoms with E-state index in [2.05, 4.69) is 21.0 Å². The molecule has 18 heavy (non-hydrogen) atoms. The molecule has 0 fully saturated rings. The Kier molecular flexibility index (Phi) is 3.94. The maximum Gasteiger partial charge on any atom is 0.320 e. The highest BCUT2D eigenvalue weighted by Crippen LogP contribution is 2.28. The molecule has 5 N–H and O–H groups in total. The van der Waals surface area contributed by atoms with Gasteiger partial charge in [0, 0.05) is 24.9 Å². The summed E-state index contributed by atoms with van der Waals surface area (Å²) in [5.74, 6) is 5.30. The van der Waals surface area contributed by atoms with Gasteiger partial charge in [-0.2, -0.15) is 0 Å². The van der Waals surface area contributed by atoms with E-state index in [0.717, 1.165) is 23.5 Å². The van der Waals surface area contributed by atoms with Gasteiger partial charge < -0.3 is 15.6 Å². The number of aromatic nitrogens is 1. The van der Waals surface area contributed by atoms with Crippen LogP contribution in [0, 0.1) is 0 Å². The fraction of sp³-hybridized carbons (Fsp3) is 0.444. The second-order valence-corrected chi connectivity index (χ2v) is 5.18. The summed E-state index contributed by atoms with van der Waals surface area (Å²) < 4.78 is 0. The first-order valence-electron chi connectivity index (χ1n) is 5.37. The zero-order valence-electron chi connectivity index (χ0n) is 9.82. The molecule has 2 amide bonds. The second kappa shape index (κ2) is 5.46. The van der Waals surface area contributed by atoms with Crippen molar-refractivity contribution in [3.05, 3.63) is 10.6 Å². The zero-order chi connectivity index (χ0) is 13.1. The van der Waals surface area contributed by atoms with Crippen LogP contribution in [0.5, 0.6) is 0 Å². The maximum atomic E-state index is 11.2. The Morgan fingerprint density at radius 2 is 2.39 bits per heavy atom. The smallest absolute Gasteiger partial charge is 0.320 e. The highest BCUT2D eigenvalue weighted by Gasteiger charge is 2.22. The van der Waals surface area contributed by atoms with Crippen LogP contribution in [0.3, 0.4) is 0 Å². The normalized spacial score (nSPS) is 13.8. The van der Waals surface area contributed by atoms with Crippen molar-refractivity contribution in [1.82, 2.24) is 20.6 Å². The van der Waals surface area contributed by atoms with Crippen LogP contribution < -0.4 is 21.9 Å². The lowest BCUT2D eigenvalue weighted by Gasteiger charge is -2.27. The van der Waals surface area contributed by atoms with E-state index in [0.29, 0.717) is 16.8 Å². The molecule has 0 radical (unpaired) electrons. The molecule has 2 heterocycles. The van der Waals surface area contributed by atoms with E-state index < -0.39 is 0 Å². The Morgan fingerprint density at radius 3 is 3.06 bits per heavy atom. The van der Waals surface area contributed by atoms with Gasteiger partial charge in [-0.05, 0) is 12.2 Å². The lowest BCUT2D eigenvalue weighted by atomic mass is 10.2.